The molecule has 0 heterocycles. The van der Waals surface area contributed by atoms with Crippen molar-refractivity contribution in [3.63, 3.8) is 0 Å². The summed E-state index contributed by atoms with van der Waals surface area (Å²) in [7, 11) is 0. The second-order valence-electron chi connectivity index (χ2n) is 2.41. The Kier molecular flexibility index (Phi) is 3.32. The molecule has 14 heavy (non-hydrogen) atoms. The first-order chi connectivity index (χ1) is 6.63. The van der Waals surface area contributed by atoms with E-state index in [1.807, 2.05) is 0 Å². The van der Waals surface area contributed by atoms with Gasteiger partial charge in [0, 0.05) is 17.8 Å². The largest absolute Gasteiger partial charge is 0.331 e. The number of anilines is 1. The van der Waals surface area contributed by atoms with Crippen molar-refractivity contribution in [3.8, 4) is 0 Å². The van der Waals surface area contributed by atoms with E-state index in [4.69, 9.17) is 18.1 Å². The highest BCUT2D eigenvalue weighted by atomic mass is 32.1. The Balaban J connectivity index is 2.83. The molecule has 7 heteroatoms. The lowest BCUT2D eigenvalue weighted by atomic mass is 10.3. The summed E-state index contributed by atoms with van der Waals surface area (Å²) in [5.74, 6) is 5.03. The van der Waals surface area contributed by atoms with Crippen LogP contribution in [0.3, 0.4) is 0 Å². The van der Waals surface area contributed by atoms with Gasteiger partial charge in [0.15, 0.2) is 5.11 Å². The average molecular weight is 212 g/mol. The van der Waals surface area contributed by atoms with Crippen LogP contribution >= 0.6 is 12.2 Å². The van der Waals surface area contributed by atoms with Crippen LogP contribution in [-0.2, 0) is 0 Å². The van der Waals surface area contributed by atoms with E-state index in [2.05, 4.69) is 10.7 Å². The number of nitro benzene ring substituents is 1. The number of non-ortho nitro benzene ring substituents is 1. The minimum Gasteiger partial charge on any atom is -0.331 e. The first kappa shape index (κ1) is 10.4. The molecule has 74 valence electrons. The number of hydrazine groups is 1. The Morgan fingerprint density at radius 3 is 2.86 bits per heavy atom. The molecular formula is C7H8N4O2S. The molecule has 0 fully saturated rings. The third kappa shape index (κ3) is 2.64. The topological polar surface area (TPSA) is 93.2 Å². The zero-order chi connectivity index (χ0) is 10.6. The smallest absolute Gasteiger partial charge is 0.271 e. The van der Waals surface area contributed by atoms with Crippen LogP contribution in [0.5, 0.6) is 0 Å². The molecule has 0 bridgehead atoms. The number of nitrogens with one attached hydrogen (secondary N) is 2. The molecule has 0 amide bonds. The van der Waals surface area contributed by atoms with E-state index < -0.39 is 4.92 Å². The molecule has 0 saturated carbocycles. The maximum Gasteiger partial charge on any atom is 0.271 e. The standard InChI is InChI=1S/C7H8N4O2S/c8-10-7(14)9-5-2-1-3-6(4-5)11(12)13/h1-4H,8H2,(H2,9,10,14). The molecule has 6 nitrogen and oxygen atoms in total. The van der Waals surface area contributed by atoms with Crippen molar-refractivity contribution in [2.24, 2.45) is 5.84 Å². The van der Waals surface area contributed by atoms with Gasteiger partial charge in [0.2, 0.25) is 0 Å². The van der Waals surface area contributed by atoms with Crippen molar-refractivity contribution >= 4 is 28.7 Å². The molecule has 1 rings (SSSR count). The van der Waals surface area contributed by atoms with Crippen molar-refractivity contribution < 1.29 is 4.92 Å². The van der Waals surface area contributed by atoms with Crippen LogP contribution in [0.1, 0.15) is 0 Å². The quantitative estimate of drug-likeness (QED) is 0.290. The van der Waals surface area contributed by atoms with E-state index in [-0.39, 0.29) is 10.8 Å². The third-order valence-corrected chi connectivity index (χ3v) is 1.67. The molecule has 0 saturated heterocycles. The molecule has 0 radical (unpaired) electrons. The van der Waals surface area contributed by atoms with Crippen molar-refractivity contribution in [3.05, 3.63) is 34.4 Å². The number of thiocarbonyl (C=S) groups is 1. The molecule has 1 aromatic carbocycles. The highest BCUT2D eigenvalue weighted by molar-refractivity contribution is 7.80. The molecule has 0 aliphatic rings. The van der Waals surface area contributed by atoms with Gasteiger partial charge >= 0.3 is 0 Å². The van der Waals surface area contributed by atoms with E-state index in [1.165, 1.54) is 12.1 Å². The predicted octanol–water partition coefficient (Wildman–Crippen LogP) is 0.755. The summed E-state index contributed by atoms with van der Waals surface area (Å²) in [6, 6.07) is 5.96. The minimum absolute atomic E-state index is 0.00479. The van der Waals surface area contributed by atoms with Gasteiger partial charge in [0.25, 0.3) is 5.69 Å². The summed E-state index contributed by atoms with van der Waals surface area (Å²) in [5, 5.41) is 13.3. The Morgan fingerprint density at radius 1 is 1.57 bits per heavy atom. The Labute approximate surface area is 85.2 Å². The van der Waals surface area contributed by atoms with Crippen LogP contribution in [0, 0.1) is 10.1 Å². The Hall–Kier alpha value is -1.73. The molecule has 0 aromatic heterocycles. The fourth-order valence-corrected chi connectivity index (χ4v) is 0.982. The number of nitrogens with two attached hydrogens (primary N) is 1. The summed E-state index contributed by atoms with van der Waals surface area (Å²) in [6.07, 6.45) is 0. The normalized spacial score (nSPS) is 9.21. The van der Waals surface area contributed by atoms with Gasteiger partial charge < -0.3 is 10.7 Å². The van der Waals surface area contributed by atoms with Crippen LogP contribution in [0.2, 0.25) is 0 Å². The molecule has 0 aliphatic heterocycles. The van der Waals surface area contributed by atoms with Crippen molar-refractivity contribution in [1.82, 2.24) is 5.43 Å². The first-order valence-electron chi connectivity index (χ1n) is 3.65. The number of rotatable bonds is 2. The second kappa shape index (κ2) is 4.49. The van der Waals surface area contributed by atoms with Gasteiger partial charge in [0.05, 0.1) is 4.92 Å². The van der Waals surface area contributed by atoms with Crippen LogP contribution in [0.4, 0.5) is 11.4 Å². The van der Waals surface area contributed by atoms with Gasteiger partial charge in [-0.1, -0.05) is 6.07 Å². The van der Waals surface area contributed by atoms with Crippen molar-refractivity contribution in [2.45, 2.75) is 0 Å². The Bertz CT molecular complexity index is 368. The van der Waals surface area contributed by atoms with Gasteiger partial charge in [-0.05, 0) is 18.3 Å². The lowest BCUT2D eigenvalue weighted by Crippen LogP contribution is -2.34. The van der Waals surface area contributed by atoms with Gasteiger partial charge in [-0.3, -0.25) is 10.1 Å². The lowest BCUT2D eigenvalue weighted by molar-refractivity contribution is -0.384. The predicted molar refractivity (Wildman–Crippen MR) is 56.6 cm³/mol. The van der Waals surface area contributed by atoms with Crippen LogP contribution in [0.25, 0.3) is 0 Å². The van der Waals surface area contributed by atoms with Crippen LogP contribution < -0.4 is 16.6 Å². The minimum atomic E-state index is -0.482. The Morgan fingerprint density at radius 2 is 2.29 bits per heavy atom. The number of hydrogen-bond donors (Lipinski definition) is 3. The van der Waals surface area contributed by atoms with Crippen LogP contribution in [-0.4, -0.2) is 10.0 Å². The zero-order valence-corrected chi connectivity index (χ0v) is 7.88. The summed E-state index contributed by atoms with van der Waals surface area (Å²) < 4.78 is 0. The molecule has 0 atom stereocenters. The molecule has 0 aliphatic carbocycles. The fourth-order valence-electron chi connectivity index (χ4n) is 0.864. The van der Waals surface area contributed by atoms with Gasteiger partial charge in [-0.15, -0.1) is 0 Å². The van der Waals surface area contributed by atoms with Gasteiger partial charge in [-0.2, -0.15) is 0 Å². The third-order valence-electron chi connectivity index (χ3n) is 1.45. The lowest BCUT2D eigenvalue weighted by Gasteiger charge is -2.05. The molecule has 1 aromatic rings. The summed E-state index contributed by atoms with van der Waals surface area (Å²) in [6.45, 7) is 0. The van der Waals surface area contributed by atoms with Crippen molar-refractivity contribution in [1.29, 1.82) is 0 Å². The number of benzene rings is 1. The van der Waals surface area contributed by atoms with E-state index in [0.29, 0.717) is 5.69 Å². The van der Waals surface area contributed by atoms with Crippen molar-refractivity contribution in [2.75, 3.05) is 5.32 Å². The maximum atomic E-state index is 10.4. The van der Waals surface area contributed by atoms with Gasteiger partial charge in [0.1, 0.15) is 0 Å². The van der Waals surface area contributed by atoms with E-state index in [9.17, 15) is 10.1 Å². The SMILES string of the molecule is NNC(=S)Nc1cccc([N+](=O)[O-])c1. The van der Waals surface area contributed by atoms with E-state index in [0.717, 1.165) is 0 Å². The monoisotopic (exact) mass is 212 g/mol. The zero-order valence-electron chi connectivity index (χ0n) is 7.06. The molecule has 4 N–H and O–H groups in total. The fraction of sp³-hybridized carbons (Fsp3) is 0. The average Bonchev–Trinajstić information content (AvgIpc) is 2.18. The summed E-state index contributed by atoms with van der Waals surface area (Å²) >= 11 is 4.73. The maximum absolute atomic E-state index is 10.4. The molecule has 0 spiro atoms. The number of nitro groups is 1. The first-order valence-corrected chi connectivity index (χ1v) is 4.06. The van der Waals surface area contributed by atoms with Crippen LogP contribution in [0.15, 0.2) is 24.3 Å². The summed E-state index contributed by atoms with van der Waals surface area (Å²) in [4.78, 5) is 9.93. The molecule has 0 unspecified atom stereocenters. The van der Waals surface area contributed by atoms with Gasteiger partial charge in [-0.25, -0.2) is 5.84 Å². The van der Waals surface area contributed by atoms with E-state index in [1.54, 1.807) is 12.1 Å². The highest BCUT2D eigenvalue weighted by Gasteiger charge is 2.05. The highest BCUT2D eigenvalue weighted by Crippen LogP contribution is 2.16. The second-order valence-corrected chi connectivity index (χ2v) is 2.81. The number of hydrogen-bond acceptors (Lipinski definition) is 4. The van der Waals surface area contributed by atoms with E-state index >= 15 is 0 Å². The molecular weight excluding hydrogens is 204 g/mol. The number of nitrogens with zero attached hydrogens (tertiary/aromatic N) is 1. The summed E-state index contributed by atoms with van der Waals surface area (Å²) in [5.41, 5.74) is 2.72.